The first kappa shape index (κ1) is 16.9. The number of hydroxylamine groups is 2. The second-order valence-corrected chi connectivity index (χ2v) is 4.39. The van der Waals surface area contributed by atoms with Gasteiger partial charge in [0, 0.05) is 5.56 Å². The highest BCUT2D eigenvalue weighted by Crippen LogP contribution is 2.29. The van der Waals surface area contributed by atoms with Crippen LogP contribution in [0.25, 0.3) is 11.4 Å². The number of alkyl halides is 3. The van der Waals surface area contributed by atoms with Crippen LogP contribution in [-0.4, -0.2) is 39.9 Å². The van der Waals surface area contributed by atoms with Gasteiger partial charge in [0.1, 0.15) is 6.61 Å². The van der Waals surface area contributed by atoms with Crippen LogP contribution in [0.15, 0.2) is 28.8 Å². The van der Waals surface area contributed by atoms with Crippen LogP contribution < -0.4 is 0 Å². The van der Waals surface area contributed by atoms with Crippen LogP contribution >= 0.6 is 0 Å². The van der Waals surface area contributed by atoms with Gasteiger partial charge in [0.2, 0.25) is 5.82 Å². The summed E-state index contributed by atoms with van der Waals surface area (Å²) in [5.74, 6) is -2.24. The summed E-state index contributed by atoms with van der Waals surface area (Å²) in [4.78, 5) is 19.4. The second-order valence-electron chi connectivity index (χ2n) is 4.39. The van der Waals surface area contributed by atoms with Gasteiger partial charge in [0.05, 0.1) is 13.7 Å². The number of carbonyl (C=O) groups excluding carboxylic acids is 1. The molecule has 1 aromatic heterocycles. The number of aliphatic hydroxyl groups is 1. The van der Waals surface area contributed by atoms with Gasteiger partial charge in [-0.25, -0.2) is 5.06 Å². The Morgan fingerprint density at radius 1 is 1.35 bits per heavy atom. The summed E-state index contributed by atoms with van der Waals surface area (Å²) in [6.07, 6.45) is -4.70. The number of hydrogen-bond acceptors (Lipinski definition) is 6. The zero-order chi connectivity index (χ0) is 17.0. The average molecular weight is 331 g/mol. The van der Waals surface area contributed by atoms with Crippen molar-refractivity contribution >= 4 is 5.91 Å². The van der Waals surface area contributed by atoms with E-state index >= 15 is 0 Å². The van der Waals surface area contributed by atoms with Crippen LogP contribution in [0.4, 0.5) is 13.2 Å². The van der Waals surface area contributed by atoms with E-state index in [2.05, 4.69) is 14.7 Å². The first-order valence-corrected chi connectivity index (χ1v) is 6.30. The molecule has 1 N–H and O–H groups in total. The molecule has 0 unspecified atom stereocenters. The molecule has 0 fully saturated rings. The van der Waals surface area contributed by atoms with Crippen molar-refractivity contribution in [2.45, 2.75) is 12.7 Å². The molecule has 0 aliphatic carbocycles. The Morgan fingerprint density at radius 3 is 2.48 bits per heavy atom. The third-order valence-corrected chi connectivity index (χ3v) is 2.84. The van der Waals surface area contributed by atoms with Crippen molar-refractivity contribution in [1.82, 2.24) is 15.2 Å². The Labute approximate surface area is 128 Å². The smallest absolute Gasteiger partial charge is 0.386 e. The molecular weight excluding hydrogens is 319 g/mol. The number of nitrogens with zero attached hydrogens (tertiary/aromatic N) is 3. The Balaban J connectivity index is 2.13. The van der Waals surface area contributed by atoms with Crippen LogP contribution in [0.5, 0.6) is 0 Å². The number of benzene rings is 1. The maximum absolute atomic E-state index is 12.4. The van der Waals surface area contributed by atoms with Crippen LogP contribution in [0.1, 0.15) is 11.5 Å². The molecule has 1 amide bonds. The van der Waals surface area contributed by atoms with Crippen molar-refractivity contribution in [3.63, 3.8) is 0 Å². The van der Waals surface area contributed by atoms with Crippen molar-refractivity contribution in [1.29, 1.82) is 0 Å². The van der Waals surface area contributed by atoms with E-state index in [1.54, 1.807) is 12.1 Å². The maximum Gasteiger partial charge on any atom is 0.471 e. The zero-order valence-electron chi connectivity index (χ0n) is 11.9. The van der Waals surface area contributed by atoms with E-state index in [9.17, 15) is 18.0 Å². The highest BCUT2D eigenvalue weighted by atomic mass is 19.4. The molecule has 1 aromatic carbocycles. The predicted molar refractivity (Wildman–Crippen MR) is 69.4 cm³/mol. The van der Waals surface area contributed by atoms with Gasteiger partial charge in [0.25, 0.3) is 5.91 Å². The Morgan fingerprint density at radius 2 is 2.00 bits per heavy atom. The molecule has 0 atom stereocenters. The number of amides is 1. The topological polar surface area (TPSA) is 88.7 Å². The molecule has 0 saturated heterocycles. The van der Waals surface area contributed by atoms with E-state index in [4.69, 9.17) is 9.94 Å². The second kappa shape index (κ2) is 6.75. The van der Waals surface area contributed by atoms with E-state index in [-0.39, 0.29) is 12.4 Å². The standard InChI is InChI=1S/C13H12F3N3O4/c1-22-19(10(21)7-20)6-8-2-4-9(5-3-8)11-17-12(23-18-11)13(14,15)16/h2-5,20H,6-7H2,1H3. The van der Waals surface area contributed by atoms with Crippen LogP contribution in [0.3, 0.4) is 0 Å². The lowest BCUT2D eigenvalue weighted by atomic mass is 10.1. The average Bonchev–Trinajstić information content (AvgIpc) is 3.02. The van der Waals surface area contributed by atoms with Crippen molar-refractivity contribution in [2.24, 2.45) is 0 Å². The van der Waals surface area contributed by atoms with E-state index in [0.29, 0.717) is 11.1 Å². The Hall–Kier alpha value is -2.46. The lowest BCUT2D eigenvalue weighted by Crippen LogP contribution is -2.31. The van der Waals surface area contributed by atoms with Crippen LogP contribution in [0, 0.1) is 0 Å². The number of aromatic nitrogens is 2. The molecule has 23 heavy (non-hydrogen) atoms. The number of halogens is 3. The third kappa shape index (κ3) is 4.05. The van der Waals surface area contributed by atoms with Gasteiger partial charge in [-0.05, 0) is 5.56 Å². The number of rotatable bonds is 5. The van der Waals surface area contributed by atoms with Gasteiger partial charge < -0.3 is 9.63 Å². The molecule has 0 saturated carbocycles. The summed E-state index contributed by atoms with van der Waals surface area (Å²) in [6, 6.07) is 6.10. The molecule has 124 valence electrons. The normalized spacial score (nSPS) is 11.5. The fourth-order valence-corrected chi connectivity index (χ4v) is 1.71. The van der Waals surface area contributed by atoms with Gasteiger partial charge in [-0.2, -0.15) is 18.2 Å². The van der Waals surface area contributed by atoms with Crippen molar-refractivity contribution in [2.75, 3.05) is 13.7 Å². The van der Waals surface area contributed by atoms with E-state index in [1.807, 2.05) is 0 Å². The molecule has 0 spiro atoms. The highest BCUT2D eigenvalue weighted by Gasteiger charge is 2.38. The first-order chi connectivity index (χ1) is 10.8. The highest BCUT2D eigenvalue weighted by molar-refractivity contribution is 5.76. The van der Waals surface area contributed by atoms with E-state index < -0.39 is 24.6 Å². The monoisotopic (exact) mass is 331 g/mol. The fraction of sp³-hybridized carbons (Fsp3) is 0.308. The Bertz CT molecular complexity index is 670. The molecule has 1 heterocycles. The molecule has 2 rings (SSSR count). The summed E-state index contributed by atoms with van der Waals surface area (Å²) in [5.41, 5.74) is 0.961. The molecule has 0 radical (unpaired) electrons. The molecule has 0 aliphatic heterocycles. The first-order valence-electron chi connectivity index (χ1n) is 6.30. The maximum atomic E-state index is 12.4. The number of aliphatic hydroxyl groups excluding tert-OH is 1. The zero-order valence-corrected chi connectivity index (χ0v) is 11.9. The summed E-state index contributed by atoms with van der Waals surface area (Å²) in [5, 5.41) is 13.0. The Kier molecular flexibility index (Phi) is 4.96. The van der Waals surface area contributed by atoms with Crippen LogP contribution in [0.2, 0.25) is 0 Å². The van der Waals surface area contributed by atoms with Crippen molar-refractivity contribution in [3.05, 3.63) is 35.7 Å². The molecular formula is C13H12F3N3O4. The molecule has 10 heteroatoms. The summed E-state index contributed by atoms with van der Waals surface area (Å²) >= 11 is 0. The van der Waals surface area contributed by atoms with Gasteiger partial charge in [0.15, 0.2) is 0 Å². The molecule has 0 bridgehead atoms. The summed E-state index contributed by atoms with van der Waals surface area (Å²) in [6.45, 7) is -0.634. The van der Waals surface area contributed by atoms with Crippen LogP contribution in [-0.2, 0) is 22.4 Å². The van der Waals surface area contributed by atoms with Gasteiger partial charge in [-0.1, -0.05) is 29.4 Å². The minimum atomic E-state index is -4.70. The minimum absolute atomic E-state index is 0.0657. The summed E-state index contributed by atoms with van der Waals surface area (Å²) < 4.78 is 41.4. The van der Waals surface area contributed by atoms with Crippen molar-refractivity contribution in [3.8, 4) is 11.4 Å². The molecule has 2 aromatic rings. The van der Waals surface area contributed by atoms with Crippen molar-refractivity contribution < 1.29 is 32.4 Å². The van der Waals surface area contributed by atoms with E-state index in [0.717, 1.165) is 5.06 Å². The summed E-state index contributed by atoms with van der Waals surface area (Å²) in [7, 11) is 1.28. The SMILES string of the molecule is CON(Cc1ccc(-c2noc(C(F)(F)F)n2)cc1)C(=O)CO. The molecule has 7 nitrogen and oxygen atoms in total. The quantitative estimate of drug-likeness (QED) is 0.838. The predicted octanol–water partition coefficient (Wildman–Crippen LogP) is 1.64. The number of hydrogen-bond donors (Lipinski definition) is 1. The third-order valence-electron chi connectivity index (χ3n) is 2.84. The lowest BCUT2D eigenvalue weighted by Gasteiger charge is -2.18. The van der Waals surface area contributed by atoms with Gasteiger partial charge in [-0.15, -0.1) is 0 Å². The number of carbonyl (C=O) groups is 1. The fourth-order valence-electron chi connectivity index (χ4n) is 1.71. The minimum Gasteiger partial charge on any atom is -0.386 e. The van der Waals surface area contributed by atoms with Gasteiger partial charge in [-0.3, -0.25) is 9.63 Å². The largest absolute Gasteiger partial charge is 0.471 e. The lowest BCUT2D eigenvalue weighted by molar-refractivity contribution is -0.182. The van der Waals surface area contributed by atoms with E-state index in [1.165, 1.54) is 19.2 Å². The van der Waals surface area contributed by atoms with Gasteiger partial charge >= 0.3 is 12.1 Å². The molecule has 0 aliphatic rings.